The number of carbonyl (C=O) groups excluding carboxylic acids is 1. The molecule has 1 aromatic rings. The Morgan fingerprint density at radius 2 is 1.70 bits per heavy atom. The molecule has 1 atom stereocenters. The Kier molecular flexibility index (Phi) is 4.74. The third-order valence-electron chi connectivity index (χ3n) is 3.79. The number of carbonyl (C=O) groups is 2. The van der Waals surface area contributed by atoms with Crippen molar-refractivity contribution in [3.8, 4) is 0 Å². The van der Waals surface area contributed by atoms with E-state index in [1.54, 1.807) is 24.3 Å². The maximum Gasteiger partial charge on any atom is 0.306 e. The van der Waals surface area contributed by atoms with Gasteiger partial charge in [0, 0.05) is 6.04 Å². The Labute approximate surface area is 117 Å². The van der Waals surface area contributed by atoms with Crippen molar-refractivity contribution in [2.75, 3.05) is 0 Å². The van der Waals surface area contributed by atoms with Crippen molar-refractivity contribution < 1.29 is 19.8 Å². The van der Waals surface area contributed by atoms with E-state index in [4.69, 9.17) is 5.11 Å². The van der Waals surface area contributed by atoms with Crippen LogP contribution >= 0.6 is 0 Å². The topological polar surface area (TPSA) is 86.6 Å². The smallest absolute Gasteiger partial charge is 0.306 e. The number of hydrogen-bond donors (Lipinski definition) is 3. The fraction of sp³-hybridized carbons (Fsp3) is 0.467. The molecule has 20 heavy (non-hydrogen) atoms. The third-order valence-corrected chi connectivity index (χ3v) is 3.79. The highest BCUT2D eigenvalue weighted by Crippen LogP contribution is 2.25. The first-order chi connectivity index (χ1) is 9.58. The summed E-state index contributed by atoms with van der Waals surface area (Å²) >= 11 is 0. The molecule has 0 saturated heterocycles. The molecule has 0 unspecified atom stereocenters. The van der Waals surface area contributed by atoms with Gasteiger partial charge in [-0.25, -0.2) is 0 Å². The van der Waals surface area contributed by atoms with E-state index in [2.05, 4.69) is 5.32 Å². The quantitative estimate of drug-likeness (QED) is 0.778. The SMILES string of the molecule is O=C(O)C1CCC(NC(=O)[C@@H](O)c2ccccc2)CC1. The van der Waals surface area contributed by atoms with Gasteiger partial charge in [-0.2, -0.15) is 0 Å². The van der Waals surface area contributed by atoms with Gasteiger partial charge >= 0.3 is 5.97 Å². The highest BCUT2D eigenvalue weighted by atomic mass is 16.4. The fourth-order valence-corrected chi connectivity index (χ4v) is 2.55. The van der Waals surface area contributed by atoms with E-state index in [-0.39, 0.29) is 12.0 Å². The molecule has 1 aromatic carbocycles. The van der Waals surface area contributed by atoms with Gasteiger partial charge in [0.25, 0.3) is 5.91 Å². The maximum absolute atomic E-state index is 11.9. The number of aliphatic carboxylic acids is 1. The second-order valence-electron chi connectivity index (χ2n) is 5.21. The zero-order valence-electron chi connectivity index (χ0n) is 11.2. The normalized spacial score (nSPS) is 23.9. The molecule has 5 nitrogen and oxygen atoms in total. The molecule has 108 valence electrons. The van der Waals surface area contributed by atoms with Gasteiger partial charge in [-0.15, -0.1) is 0 Å². The highest BCUT2D eigenvalue weighted by molar-refractivity contribution is 5.82. The van der Waals surface area contributed by atoms with E-state index in [9.17, 15) is 14.7 Å². The average Bonchev–Trinajstić information content (AvgIpc) is 2.48. The molecule has 0 aromatic heterocycles. The summed E-state index contributed by atoms with van der Waals surface area (Å²) in [7, 11) is 0. The first-order valence-corrected chi connectivity index (χ1v) is 6.84. The summed E-state index contributed by atoms with van der Waals surface area (Å²) in [5, 5.41) is 21.7. The molecule has 1 fully saturated rings. The lowest BCUT2D eigenvalue weighted by Gasteiger charge is -2.27. The second-order valence-corrected chi connectivity index (χ2v) is 5.21. The Morgan fingerprint density at radius 3 is 2.25 bits per heavy atom. The van der Waals surface area contributed by atoms with Crippen LogP contribution in [0.2, 0.25) is 0 Å². The van der Waals surface area contributed by atoms with Crippen LogP contribution in [-0.4, -0.2) is 28.1 Å². The molecular formula is C15H19NO4. The van der Waals surface area contributed by atoms with Crippen molar-refractivity contribution in [2.24, 2.45) is 5.92 Å². The van der Waals surface area contributed by atoms with Crippen molar-refractivity contribution in [3.05, 3.63) is 35.9 Å². The van der Waals surface area contributed by atoms with Gasteiger partial charge in [-0.1, -0.05) is 30.3 Å². The first kappa shape index (κ1) is 14.5. The minimum atomic E-state index is -1.17. The van der Waals surface area contributed by atoms with Crippen molar-refractivity contribution >= 4 is 11.9 Å². The molecule has 1 saturated carbocycles. The molecule has 0 bridgehead atoms. The summed E-state index contributed by atoms with van der Waals surface area (Å²) in [4.78, 5) is 22.8. The van der Waals surface area contributed by atoms with Crippen LogP contribution in [0.25, 0.3) is 0 Å². The molecular weight excluding hydrogens is 258 g/mol. The zero-order valence-corrected chi connectivity index (χ0v) is 11.2. The molecule has 0 radical (unpaired) electrons. The number of aliphatic hydroxyl groups is 1. The van der Waals surface area contributed by atoms with Gasteiger partial charge < -0.3 is 15.5 Å². The van der Waals surface area contributed by atoms with Gasteiger partial charge in [0.15, 0.2) is 6.10 Å². The Balaban J connectivity index is 1.85. The van der Waals surface area contributed by atoms with Gasteiger partial charge in [0.2, 0.25) is 0 Å². The summed E-state index contributed by atoms with van der Waals surface area (Å²) in [6, 6.07) is 8.71. The van der Waals surface area contributed by atoms with Crippen LogP contribution in [0.5, 0.6) is 0 Å². The predicted octanol–water partition coefficient (Wildman–Crippen LogP) is 1.48. The predicted molar refractivity (Wildman–Crippen MR) is 72.9 cm³/mol. The molecule has 2 rings (SSSR count). The van der Waals surface area contributed by atoms with E-state index in [1.165, 1.54) is 0 Å². The van der Waals surface area contributed by atoms with Crippen LogP contribution < -0.4 is 5.32 Å². The number of benzene rings is 1. The van der Waals surface area contributed by atoms with Crippen LogP contribution in [0.15, 0.2) is 30.3 Å². The zero-order chi connectivity index (χ0) is 14.5. The van der Waals surface area contributed by atoms with Crippen LogP contribution in [-0.2, 0) is 9.59 Å². The van der Waals surface area contributed by atoms with Crippen molar-refractivity contribution in [1.29, 1.82) is 0 Å². The summed E-state index contributed by atoms with van der Waals surface area (Å²) in [5.74, 6) is -1.49. The van der Waals surface area contributed by atoms with E-state index in [0.29, 0.717) is 31.2 Å². The molecule has 3 N–H and O–H groups in total. The van der Waals surface area contributed by atoms with E-state index >= 15 is 0 Å². The molecule has 1 aliphatic carbocycles. The summed E-state index contributed by atoms with van der Waals surface area (Å²) < 4.78 is 0. The number of nitrogens with one attached hydrogen (secondary N) is 1. The summed E-state index contributed by atoms with van der Waals surface area (Å²) in [5.41, 5.74) is 0.559. The van der Waals surface area contributed by atoms with Crippen molar-refractivity contribution in [1.82, 2.24) is 5.32 Å². The number of rotatable bonds is 4. The van der Waals surface area contributed by atoms with Gasteiger partial charge in [-0.05, 0) is 31.2 Å². The van der Waals surface area contributed by atoms with Gasteiger partial charge in [0.1, 0.15) is 0 Å². The van der Waals surface area contributed by atoms with E-state index in [0.717, 1.165) is 0 Å². The lowest BCUT2D eigenvalue weighted by Crippen LogP contribution is -2.41. The third kappa shape index (κ3) is 3.57. The van der Waals surface area contributed by atoms with Crippen LogP contribution in [0.1, 0.15) is 37.4 Å². The Bertz CT molecular complexity index is 466. The van der Waals surface area contributed by atoms with Crippen molar-refractivity contribution in [2.45, 2.75) is 37.8 Å². The molecule has 0 spiro atoms. The minimum absolute atomic E-state index is 0.0449. The number of carboxylic acids is 1. The fourth-order valence-electron chi connectivity index (χ4n) is 2.55. The monoisotopic (exact) mass is 277 g/mol. The first-order valence-electron chi connectivity index (χ1n) is 6.84. The minimum Gasteiger partial charge on any atom is -0.481 e. The average molecular weight is 277 g/mol. The van der Waals surface area contributed by atoms with Gasteiger partial charge in [0.05, 0.1) is 5.92 Å². The number of hydrogen-bond acceptors (Lipinski definition) is 3. The lowest BCUT2D eigenvalue weighted by atomic mass is 9.86. The second kappa shape index (κ2) is 6.52. The number of aliphatic hydroxyl groups excluding tert-OH is 1. The largest absolute Gasteiger partial charge is 0.481 e. The Hall–Kier alpha value is -1.88. The van der Waals surface area contributed by atoms with E-state index < -0.39 is 18.0 Å². The number of amides is 1. The van der Waals surface area contributed by atoms with E-state index in [1.807, 2.05) is 6.07 Å². The van der Waals surface area contributed by atoms with Gasteiger partial charge in [-0.3, -0.25) is 9.59 Å². The highest BCUT2D eigenvalue weighted by Gasteiger charge is 2.28. The van der Waals surface area contributed by atoms with Crippen molar-refractivity contribution in [3.63, 3.8) is 0 Å². The molecule has 0 aliphatic heterocycles. The van der Waals surface area contributed by atoms with Crippen LogP contribution in [0.3, 0.4) is 0 Å². The molecule has 5 heteroatoms. The Morgan fingerprint density at radius 1 is 1.10 bits per heavy atom. The standard InChI is InChI=1S/C15H19NO4/c17-13(10-4-2-1-3-5-10)14(18)16-12-8-6-11(7-9-12)15(19)20/h1-5,11-13,17H,6-9H2,(H,16,18)(H,19,20)/t11?,12?,13-/m0/s1. The summed E-state index contributed by atoms with van der Waals surface area (Å²) in [6.07, 6.45) is 1.26. The molecule has 0 heterocycles. The lowest BCUT2D eigenvalue weighted by molar-refractivity contribution is -0.142. The molecule has 1 amide bonds. The van der Waals surface area contributed by atoms with Crippen LogP contribution in [0.4, 0.5) is 0 Å². The van der Waals surface area contributed by atoms with Crippen LogP contribution in [0, 0.1) is 5.92 Å². The molecule has 1 aliphatic rings. The number of carboxylic acid groups (broad SMARTS) is 1. The summed E-state index contributed by atoms with van der Waals surface area (Å²) in [6.45, 7) is 0. The maximum atomic E-state index is 11.9.